The third kappa shape index (κ3) is 3.62. The van der Waals surface area contributed by atoms with Crippen molar-refractivity contribution in [1.29, 1.82) is 0 Å². The Bertz CT molecular complexity index is 775. The molecule has 1 unspecified atom stereocenters. The summed E-state index contributed by atoms with van der Waals surface area (Å²) in [6.07, 6.45) is 1.36. The molecule has 1 aromatic rings. The summed E-state index contributed by atoms with van der Waals surface area (Å²) in [5, 5.41) is 5.81. The number of benzene rings is 1. The van der Waals surface area contributed by atoms with Gasteiger partial charge in [-0.25, -0.2) is 0 Å². The van der Waals surface area contributed by atoms with Gasteiger partial charge >= 0.3 is 0 Å². The Kier molecular flexibility index (Phi) is 5.25. The van der Waals surface area contributed by atoms with E-state index in [0.29, 0.717) is 25.1 Å². The minimum absolute atomic E-state index is 0.166. The Balaban J connectivity index is 1.72. The maximum absolute atomic E-state index is 12.7. The van der Waals surface area contributed by atoms with Crippen LogP contribution < -0.4 is 5.32 Å². The van der Waals surface area contributed by atoms with Crippen LogP contribution in [0.3, 0.4) is 0 Å². The van der Waals surface area contributed by atoms with Crippen molar-refractivity contribution in [3.05, 3.63) is 39.8 Å². The van der Waals surface area contributed by atoms with Gasteiger partial charge in [-0.1, -0.05) is 11.2 Å². The standard InChI is InChI=1S/C16H17N5O3S/c17-20-18-7-2-8-25-13-4-1-3-10-11(13)9-21(16(10)24)12-5-6-14(22)19-15(12)23/h1,3-4,12H,2,5-9H2,(H,19,22,23). The molecule has 25 heavy (non-hydrogen) atoms. The number of hydrogen-bond donors (Lipinski definition) is 1. The van der Waals surface area contributed by atoms with E-state index in [1.807, 2.05) is 12.1 Å². The Labute approximate surface area is 148 Å². The van der Waals surface area contributed by atoms with Crippen molar-refractivity contribution >= 4 is 29.5 Å². The average Bonchev–Trinajstić information content (AvgIpc) is 2.92. The smallest absolute Gasteiger partial charge is 0.255 e. The van der Waals surface area contributed by atoms with E-state index < -0.39 is 11.9 Å². The van der Waals surface area contributed by atoms with Crippen LogP contribution in [0.2, 0.25) is 0 Å². The number of nitrogens with one attached hydrogen (secondary N) is 1. The van der Waals surface area contributed by atoms with E-state index in [-0.39, 0.29) is 18.2 Å². The molecule has 1 fully saturated rings. The molecule has 0 aliphatic carbocycles. The topological polar surface area (TPSA) is 115 Å². The summed E-state index contributed by atoms with van der Waals surface area (Å²) in [6, 6.07) is 4.97. The highest BCUT2D eigenvalue weighted by Gasteiger charge is 2.39. The molecule has 3 amide bonds. The summed E-state index contributed by atoms with van der Waals surface area (Å²) in [5.41, 5.74) is 9.82. The van der Waals surface area contributed by atoms with Crippen LogP contribution in [0.5, 0.6) is 0 Å². The summed E-state index contributed by atoms with van der Waals surface area (Å²) >= 11 is 1.61. The number of azide groups is 1. The molecule has 0 bridgehead atoms. The summed E-state index contributed by atoms with van der Waals surface area (Å²) in [4.78, 5) is 41.4. The molecule has 1 saturated heterocycles. The van der Waals surface area contributed by atoms with Gasteiger partial charge in [0.05, 0.1) is 0 Å². The quantitative estimate of drug-likeness (QED) is 0.209. The van der Waals surface area contributed by atoms with Gasteiger partial charge < -0.3 is 4.90 Å². The van der Waals surface area contributed by atoms with E-state index in [1.54, 1.807) is 22.7 Å². The number of carbonyl (C=O) groups is 3. The average molecular weight is 359 g/mol. The van der Waals surface area contributed by atoms with Crippen LogP contribution in [0.25, 0.3) is 10.4 Å². The second-order valence-electron chi connectivity index (χ2n) is 5.84. The molecule has 1 atom stereocenters. The molecule has 0 radical (unpaired) electrons. The number of piperidine rings is 1. The highest BCUT2D eigenvalue weighted by Crippen LogP contribution is 2.34. The van der Waals surface area contributed by atoms with E-state index in [1.165, 1.54) is 0 Å². The van der Waals surface area contributed by atoms with Crippen molar-refractivity contribution in [3.8, 4) is 0 Å². The molecule has 0 spiro atoms. The minimum Gasteiger partial charge on any atom is -0.322 e. The van der Waals surface area contributed by atoms with Gasteiger partial charge in [-0.05, 0) is 41.8 Å². The van der Waals surface area contributed by atoms with Gasteiger partial charge in [0.25, 0.3) is 5.91 Å². The molecule has 0 aromatic heterocycles. The molecule has 130 valence electrons. The molecule has 1 aromatic carbocycles. The SMILES string of the molecule is [N-]=[N+]=NCCCSc1cccc2c1CN(C1CCC(=O)NC1=O)C2=O. The van der Waals surface area contributed by atoms with Crippen molar-refractivity contribution in [2.45, 2.75) is 36.7 Å². The number of thioether (sulfide) groups is 1. The van der Waals surface area contributed by atoms with Crippen molar-refractivity contribution in [3.63, 3.8) is 0 Å². The maximum Gasteiger partial charge on any atom is 0.255 e. The lowest BCUT2D eigenvalue weighted by Gasteiger charge is -2.29. The Morgan fingerprint density at radius 2 is 2.20 bits per heavy atom. The summed E-state index contributed by atoms with van der Waals surface area (Å²) in [7, 11) is 0. The van der Waals surface area contributed by atoms with Gasteiger partial charge in [0.15, 0.2) is 0 Å². The Morgan fingerprint density at radius 3 is 2.96 bits per heavy atom. The van der Waals surface area contributed by atoms with Gasteiger partial charge in [0.2, 0.25) is 11.8 Å². The van der Waals surface area contributed by atoms with Crippen molar-refractivity contribution in [2.24, 2.45) is 5.11 Å². The Morgan fingerprint density at radius 1 is 1.36 bits per heavy atom. The zero-order valence-corrected chi connectivity index (χ0v) is 14.3. The maximum atomic E-state index is 12.7. The monoisotopic (exact) mass is 359 g/mol. The van der Waals surface area contributed by atoms with Crippen LogP contribution in [0, 0.1) is 0 Å². The lowest BCUT2D eigenvalue weighted by Crippen LogP contribution is -2.52. The number of carbonyl (C=O) groups excluding carboxylic acids is 3. The van der Waals surface area contributed by atoms with Gasteiger partial charge in [-0.15, -0.1) is 11.8 Å². The lowest BCUT2D eigenvalue weighted by molar-refractivity contribution is -0.136. The van der Waals surface area contributed by atoms with Gasteiger partial charge in [0, 0.05) is 34.9 Å². The van der Waals surface area contributed by atoms with E-state index in [4.69, 9.17) is 5.53 Å². The molecular weight excluding hydrogens is 342 g/mol. The number of amides is 3. The van der Waals surface area contributed by atoms with Crippen molar-refractivity contribution in [1.82, 2.24) is 10.2 Å². The van der Waals surface area contributed by atoms with Crippen LogP contribution in [-0.4, -0.2) is 41.0 Å². The second kappa shape index (κ2) is 7.58. The third-order valence-corrected chi connectivity index (χ3v) is 5.45. The van der Waals surface area contributed by atoms with E-state index in [0.717, 1.165) is 22.6 Å². The highest BCUT2D eigenvalue weighted by molar-refractivity contribution is 7.99. The van der Waals surface area contributed by atoms with Crippen LogP contribution in [0.15, 0.2) is 28.2 Å². The number of rotatable bonds is 6. The zero-order chi connectivity index (χ0) is 17.8. The molecule has 2 heterocycles. The normalized spacial score (nSPS) is 19.4. The van der Waals surface area contributed by atoms with Crippen LogP contribution in [-0.2, 0) is 16.1 Å². The summed E-state index contributed by atoms with van der Waals surface area (Å²) < 4.78 is 0. The van der Waals surface area contributed by atoms with Gasteiger partial charge in [-0.2, -0.15) is 0 Å². The first-order valence-electron chi connectivity index (χ1n) is 8.02. The fourth-order valence-corrected chi connectivity index (χ4v) is 4.07. The third-order valence-electron chi connectivity index (χ3n) is 4.26. The predicted molar refractivity (Wildman–Crippen MR) is 91.8 cm³/mol. The fraction of sp³-hybridized carbons (Fsp3) is 0.438. The second-order valence-corrected chi connectivity index (χ2v) is 6.98. The number of fused-ring (bicyclic) bond motifs is 1. The fourth-order valence-electron chi connectivity index (χ4n) is 3.05. The number of imide groups is 1. The van der Waals surface area contributed by atoms with Crippen LogP contribution in [0.1, 0.15) is 35.2 Å². The van der Waals surface area contributed by atoms with E-state index in [2.05, 4.69) is 15.3 Å². The van der Waals surface area contributed by atoms with Crippen LogP contribution in [0.4, 0.5) is 0 Å². The largest absolute Gasteiger partial charge is 0.322 e. The first kappa shape index (κ1) is 17.3. The number of nitrogens with zero attached hydrogens (tertiary/aromatic N) is 4. The van der Waals surface area contributed by atoms with Crippen molar-refractivity contribution < 1.29 is 14.4 Å². The predicted octanol–water partition coefficient (Wildman–Crippen LogP) is 2.24. The molecule has 3 rings (SSSR count). The molecule has 1 N–H and O–H groups in total. The van der Waals surface area contributed by atoms with Gasteiger partial charge in [-0.3, -0.25) is 19.7 Å². The molecule has 8 nitrogen and oxygen atoms in total. The molecule has 9 heteroatoms. The zero-order valence-electron chi connectivity index (χ0n) is 13.5. The first-order valence-corrected chi connectivity index (χ1v) is 9.00. The van der Waals surface area contributed by atoms with Crippen molar-refractivity contribution in [2.75, 3.05) is 12.3 Å². The summed E-state index contributed by atoms with van der Waals surface area (Å²) in [5.74, 6) is -0.0779. The molecular formula is C16H17N5O3S. The molecule has 2 aliphatic heterocycles. The first-order chi connectivity index (χ1) is 12.1. The van der Waals surface area contributed by atoms with Gasteiger partial charge in [0.1, 0.15) is 6.04 Å². The van der Waals surface area contributed by atoms with E-state index in [9.17, 15) is 14.4 Å². The Hall–Kier alpha value is -2.51. The summed E-state index contributed by atoms with van der Waals surface area (Å²) in [6.45, 7) is 0.819. The van der Waals surface area contributed by atoms with Crippen LogP contribution >= 0.6 is 11.8 Å². The number of hydrogen-bond acceptors (Lipinski definition) is 5. The molecule has 2 aliphatic rings. The minimum atomic E-state index is -0.597. The lowest BCUT2D eigenvalue weighted by atomic mass is 10.0. The highest BCUT2D eigenvalue weighted by atomic mass is 32.2. The van der Waals surface area contributed by atoms with E-state index >= 15 is 0 Å². The molecule has 0 saturated carbocycles.